The minimum absolute atomic E-state index is 0.0543. The molecule has 3 aromatic carbocycles. The first-order valence-corrected chi connectivity index (χ1v) is 10.5. The molecular weight excluding hydrogens is 456 g/mol. The van der Waals surface area contributed by atoms with Gasteiger partial charge in [0.1, 0.15) is 11.8 Å². The molecule has 0 radical (unpaired) electrons. The highest BCUT2D eigenvalue weighted by Crippen LogP contribution is 2.22. The first-order chi connectivity index (χ1) is 14.8. The molecule has 0 aliphatic heterocycles. The van der Waals surface area contributed by atoms with E-state index in [1.165, 1.54) is 0 Å². The van der Waals surface area contributed by atoms with E-state index in [4.69, 9.17) is 11.1 Å². The van der Waals surface area contributed by atoms with Gasteiger partial charge in [0.15, 0.2) is 0 Å². The third-order valence-electron chi connectivity index (χ3n) is 4.85. The van der Waals surface area contributed by atoms with Gasteiger partial charge in [0, 0.05) is 15.7 Å². The number of amidine groups is 1. The van der Waals surface area contributed by atoms with E-state index < -0.39 is 11.8 Å². The zero-order valence-electron chi connectivity index (χ0n) is 16.9. The molecule has 1 unspecified atom stereocenters. The molecule has 0 aromatic heterocycles. The summed E-state index contributed by atoms with van der Waals surface area (Å²) >= 11 is 3.40. The van der Waals surface area contributed by atoms with Gasteiger partial charge in [-0.1, -0.05) is 58.4 Å². The smallest absolute Gasteiger partial charge is 0.241 e. The molecule has 0 aliphatic carbocycles. The number of nitrogens with one attached hydrogen (secondary N) is 3. The van der Waals surface area contributed by atoms with Crippen LogP contribution in [0.5, 0.6) is 0 Å². The van der Waals surface area contributed by atoms with Crippen LogP contribution in [0.3, 0.4) is 0 Å². The first kappa shape index (κ1) is 22.2. The quantitative estimate of drug-likeness (QED) is 0.230. The van der Waals surface area contributed by atoms with Crippen LogP contribution in [0.1, 0.15) is 35.6 Å². The fourth-order valence-electron chi connectivity index (χ4n) is 3.15. The van der Waals surface area contributed by atoms with Crippen LogP contribution in [-0.2, 0) is 9.59 Å². The maximum atomic E-state index is 13.1. The Bertz CT molecular complexity index is 1070. The van der Waals surface area contributed by atoms with E-state index in [1.807, 2.05) is 37.3 Å². The summed E-state index contributed by atoms with van der Waals surface area (Å²) in [5.41, 5.74) is 8.08. The molecule has 2 atom stereocenters. The standard InChI is InChI=1S/C24H23BrN4O2/c1-15(16-7-11-19(25)12-8-16)28-23(30)21(17-5-3-2-4-6-17)24(31)29-20-13-9-18(10-14-20)22(26)27/h2-15,21H,1H3,(H3,26,27)(H,28,30)(H,29,31)/t15-,21?/m1/s1. The Hall–Kier alpha value is -3.45. The van der Waals surface area contributed by atoms with Crippen molar-refractivity contribution in [2.45, 2.75) is 18.9 Å². The molecule has 0 saturated carbocycles. The highest BCUT2D eigenvalue weighted by atomic mass is 79.9. The number of hydrogen-bond acceptors (Lipinski definition) is 3. The van der Waals surface area contributed by atoms with Crippen LogP contribution >= 0.6 is 15.9 Å². The molecule has 2 amide bonds. The lowest BCUT2D eigenvalue weighted by Gasteiger charge is -2.21. The van der Waals surface area contributed by atoms with E-state index in [2.05, 4.69) is 26.6 Å². The van der Waals surface area contributed by atoms with Gasteiger partial charge in [-0.05, 0) is 54.4 Å². The van der Waals surface area contributed by atoms with Crippen molar-refractivity contribution in [1.82, 2.24) is 5.32 Å². The highest BCUT2D eigenvalue weighted by Gasteiger charge is 2.29. The van der Waals surface area contributed by atoms with Gasteiger partial charge < -0.3 is 16.4 Å². The molecule has 31 heavy (non-hydrogen) atoms. The second-order valence-corrected chi connectivity index (χ2v) is 8.02. The summed E-state index contributed by atoms with van der Waals surface area (Å²) in [4.78, 5) is 26.2. The normalized spacial score (nSPS) is 12.5. The number of carbonyl (C=O) groups is 2. The molecule has 6 nitrogen and oxygen atoms in total. The van der Waals surface area contributed by atoms with Gasteiger partial charge in [-0.3, -0.25) is 15.0 Å². The Kier molecular flexibility index (Phi) is 7.20. The van der Waals surface area contributed by atoms with Gasteiger partial charge >= 0.3 is 0 Å². The summed E-state index contributed by atoms with van der Waals surface area (Å²) in [5.74, 6) is -1.91. The van der Waals surface area contributed by atoms with E-state index >= 15 is 0 Å². The molecule has 0 heterocycles. The summed E-state index contributed by atoms with van der Waals surface area (Å²) in [7, 11) is 0. The summed E-state index contributed by atoms with van der Waals surface area (Å²) in [5, 5.41) is 13.2. The van der Waals surface area contributed by atoms with Crippen molar-refractivity contribution in [3.63, 3.8) is 0 Å². The topological polar surface area (TPSA) is 108 Å². The molecule has 0 fully saturated rings. The molecule has 0 spiro atoms. The molecular formula is C24H23BrN4O2. The number of carbonyl (C=O) groups excluding carboxylic acids is 2. The monoisotopic (exact) mass is 478 g/mol. The number of nitrogen functional groups attached to an aromatic ring is 1. The lowest BCUT2D eigenvalue weighted by molar-refractivity contribution is -0.129. The van der Waals surface area contributed by atoms with Crippen molar-refractivity contribution in [2.24, 2.45) is 5.73 Å². The fourth-order valence-corrected chi connectivity index (χ4v) is 3.41. The van der Waals surface area contributed by atoms with Crippen LogP contribution in [0.25, 0.3) is 0 Å². The van der Waals surface area contributed by atoms with Crippen LogP contribution in [0.2, 0.25) is 0 Å². The lowest BCUT2D eigenvalue weighted by Crippen LogP contribution is -2.37. The average molecular weight is 479 g/mol. The summed E-state index contributed by atoms with van der Waals surface area (Å²) < 4.78 is 0.951. The fraction of sp³-hybridized carbons (Fsp3) is 0.125. The van der Waals surface area contributed by atoms with Gasteiger partial charge in [0.25, 0.3) is 0 Å². The number of rotatable bonds is 7. The Morgan fingerprint density at radius 3 is 2.06 bits per heavy atom. The SMILES string of the molecule is C[C@@H](NC(=O)C(C(=O)Nc1ccc(C(=N)N)cc1)c1ccccc1)c1ccc(Br)cc1. The molecule has 7 heteroatoms. The van der Waals surface area contributed by atoms with Crippen LogP contribution in [0, 0.1) is 5.41 Å². The van der Waals surface area contributed by atoms with Crippen molar-refractivity contribution in [3.8, 4) is 0 Å². The van der Waals surface area contributed by atoms with Crippen molar-refractivity contribution in [2.75, 3.05) is 5.32 Å². The molecule has 158 valence electrons. The van der Waals surface area contributed by atoms with Gasteiger partial charge in [0.05, 0.1) is 6.04 Å². The van der Waals surface area contributed by atoms with Gasteiger partial charge in [-0.15, -0.1) is 0 Å². The third-order valence-corrected chi connectivity index (χ3v) is 5.38. The largest absolute Gasteiger partial charge is 0.384 e. The summed E-state index contributed by atoms with van der Waals surface area (Å²) in [6, 6.07) is 22.9. The van der Waals surface area contributed by atoms with Crippen LogP contribution in [0.15, 0.2) is 83.3 Å². The second-order valence-electron chi connectivity index (χ2n) is 7.11. The van der Waals surface area contributed by atoms with E-state index in [-0.39, 0.29) is 17.8 Å². The number of nitrogens with two attached hydrogens (primary N) is 1. The van der Waals surface area contributed by atoms with Crippen molar-refractivity contribution in [1.29, 1.82) is 5.41 Å². The molecule has 0 aliphatic rings. The minimum atomic E-state index is -1.02. The highest BCUT2D eigenvalue weighted by molar-refractivity contribution is 9.10. The van der Waals surface area contributed by atoms with Crippen LogP contribution in [0.4, 0.5) is 5.69 Å². The lowest BCUT2D eigenvalue weighted by atomic mass is 9.96. The Labute approximate surface area is 189 Å². The maximum absolute atomic E-state index is 13.1. The number of benzene rings is 3. The van der Waals surface area contributed by atoms with Gasteiger partial charge in [-0.25, -0.2) is 0 Å². The number of hydrogen-bond donors (Lipinski definition) is 4. The Balaban J connectivity index is 1.80. The van der Waals surface area contributed by atoms with Gasteiger partial charge in [0.2, 0.25) is 11.8 Å². The zero-order valence-corrected chi connectivity index (χ0v) is 18.5. The summed E-state index contributed by atoms with van der Waals surface area (Å²) in [6.07, 6.45) is 0. The molecule has 3 aromatic rings. The van der Waals surface area contributed by atoms with E-state index in [0.717, 1.165) is 10.0 Å². The maximum Gasteiger partial charge on any atom is 0.241 e. The Morgan fingerprint density at radius 1 is 0.871 bits per heavy atom. The van der Waals surface area contributed by atoms with E-state index in [9.17, 15) is 9.59 Å². The van der Waals surface area contributed by atoms with Crippen LogP contribution < -0.4 is 16.4 Å². The number of amides is 2. The third kappa shape index (κ3) is 5.79. The number of anilines is 1. The zero-order chi connectivity index (χ0) is 22.4. The van der Waals surface area contributed by atoms with Crippen LogP contribution in [-0.4, -0.2) is 17.6 Å². The molecule has 3 rings (SSSR count). The minimum Gasteiger partial charge on any atom is -0.384 e. The predicted octanol–water partition coefficient (Wildman–Crippen LogP) is 4.33. The predicted molar refractivity (Wildman–Crippen MR) is 126 cm³/mol. The van der Waals surface area contributed by atoms with E-state index in [1.54, 1.807) is 48.5 Å². The summed E-state index contributed by atoms with van der Waals surface area (Å²) in [6.45, 7) is 1.88. The number of halogens is 1. The second kappa shape index (κ2) is 10.0. The van der Waals surface area contributed by atoms with Crippen molar-refractivity contribution in [3.05, 3.63) is 100 Å². The van der Waals surface area contributed by atoms with Crippen molar-refractivity contribution < 1.29 is 9.59 Å². The molecule has 0 saturated heterocycles. The van der Waals surface area contributed by atoms with E-state index in [0.29, 0.717) is 16.8 Å². The average Bonchev–Trinajstić information content (AvgIpc) is 2.75. The molecule has 5 N–H and O–H groups in total. The van der Waals surface area contributed by atoms with Gasteiger partial charge in [-0.2, -0.15) is 0 Å². The first-order valence-electron chi connectivity index (χ1n) is 9.71. The molecule has 0 bridgehead atoms. The van der Waals surface area contributed by atoms with Crippen molar-refractivity contribution >= 4 is 39.3 Å². The Morgan fingerprint density at radius 2 is 1.48 bits per heavy atom.